The molecule has 2 aliphatic heterocycles. The van der Waals surface area contributed by atoms with E-state index in [0.29, 0.717) is 12.1 Å². The molecule has 0 amide bonds. The van der Waals surface area contributed by atoms with Crippen molar-refractivity contribution in [3.8, 4) is 0 Å². The molecule has 4 heterocycles. The summed E-state index contributed by atoms with van der Waals surface area (Å²) >= 11 is 3.65. The van der Waals surface area contributed by atoms with Gasteiger partial charge in [-0.3, -0.25) is 4.90 Å². The van der Waals surface area contributed by atoms with Crippen LogP contribution in [0.25, 0.3) is 5.65 Å². The van der Waals surface area contributed by atoms with Crippen molar-refractivity contribution in [1.82, 2.24) is 14.3 Å². The van der Waals surface area contributed by atoms with Gasteiger partial charge in [0.1, 0.15) is 5.65 Å². The minimum absolute atomic E-state index is 0.530. The zero-order valence-electron chi connectivity index (χ0n) is 12.4. The van der Waals surface area contributed by atoms with Crippen LogP contribution >= 0.6 is 15.9 Å². The van der Waals surface area contributed by atoms with Gasteiger partial charge in [-0.2, -0.15) is 0 Å². The van der Waals surface area contributed by atoms with Gasteiger partial charge in [0.2, 0.25) is 0 Å². The van der Waals surface area contributed by atoms with Crippen molar-refractivity contribution in [1.29, 1.82) is 0 Å². The highest BCUT2D eigenvalue weighted by Gasteiger charge is 2.36. The second kappa shape index (κ2) is 5.29. The Morgan fingerprint density at radius 3 is 3.10 bits per heavy atom. The number of piperazine rings is 1. The summed E-state index contributed by atoms with van der Waals surface area (Å²) in [7, 11) is 0. The molecule has 0 spiro atoms. The molecular weight excluding hydrogens is 328 g/mol. The largest absolute Gasteiger partial charge is 0.349 e. The van der Waals surface area contributed by atoms with Gasteiger partial charge in [0, 0.05) is 36.7 Å². The quantitative estimate of drug-likeness (QED) is 0.779. The van der Waals surface area contributed by atoms with Crippen LogP contribution in [0.2, 0.25) is 0 Å². The summed E-state index contributed by atoms with van der Waals surface area (Å²) in [4.78, 5) is 10.1. The molecule has 0 aromatic carbocycles. The molecule has 2 aromatic rings. The maximum atomic E-state index is 4.91. The molecular formula is C16H21BrN4. The third-order valence-corrected chi connectivity index (χ3v) is 5.47. The van der Waals surface area contributed by atoms with E-state index in [1.165, 1.54) is 31.6 Å². The van der Waals surface area contributed by atoms with Crippen LogP contribution in [0.4, 0.5) is 5.82 Å². The molecule has 0 N–H and O–H groups in total. The van der Waals surface area contributed by atoms with Crippen LogP contribution in [0.5, 0.6) is 0 Å². The molecule has 4 nitrogen and oxygen atoms in total. The number of hydrogen-bond acceptors (Lipinski definition) is 3. The zero-order valence-corrected chi connectivity index (χ0v) is 14.0. The fourth-order valence-corrected chi connectivity index (χ4v) is 4.39. The minimum Gasteiger partial charge on any atom is -0.349 e. The SMILES string of the molecule is CC1CN2CCCC2CN1c1nc2ccccn2c1CBr. The summed E-state index contributed by atoms with van der Waals surface area (Å²) in [6, 6.07) is 7.47. The predicted octanol–water partition coefficient (Wildman–Crippen LogP) is 2.90. The van der Waals surface area contributed by atoms with Gasteiger partial charge in [-0.15, -0.1) is 0 Å². The summed E-state index contributed by atoms with van der Waals surface area (Å²) in [5, 5.41) is 0.838. The Hall–Kier alpha value is -1.07. The molecule has 2 saturated heterocycles. The number of hydrogen-bond donors (Lipinski definition) is 0. The standard InChI is InChI=1S/C16H21BrN4/c1-12-10-19-7-4-5-13(19)11-21(12)16-14(9-17)20-8-3-2-6-15(20)18-16/h2-3,6,8,12-13H,4-5,7,9-11H2,1H3. The average molecular weight is 349 g/mol. The molecule has 0 bridgehead atoms. The van der Waals surface area contributed by atoms with Crippen LogP contribution in [0.15, 0.2) is 24.4 Å². The highest BCUT2D eigenvalue weighted by atomic mass is 79.9. The second-order valence-electron chi connectivity index (χ2n) is 6.24. The first-order valence-electron chi connectivity index (χ1n) is 7.80. The number of imidazole rings is 1. The normalized spacial score (nSPS) is 26.5. The Morgan fingerprint density at radius 1 is 1.33 bits per heavy atom. The summed E-state index contributed by atoms with van der Waals surface area (Å²) in [6.45, 7) is 5.89. The molecule has 21 heavy (non-hydrogen) atoms. The number of halogens is 1. The molecule has 5 heteroatoms. The van der Waals surface area contributed by atoms with Gasteiger partial charge < -0.3 is 9.30 Å². The van der Waals surface area contributed by atoms with E-state index in [0.717, 1.165) is 23.3 Å². The summed E-state index contributed by atoms with van der Waals surface area (Å²) in [5.41, 5.74) is 2.31. The molecule has 2 aliphatic rings. The van der Waals surface area contributed by atoms with Gasteiger partial charge in [-0.25, -0.2) is 4.98 Å². The van der Waals surface area contributed by atoms with Crippen LogP contribution in [0.1, 0.15) is 25.5 Å². The summed E-state index contributed by atoms with van der Waals surface area (Å²) in [5.74, 6) is 1.16. The lowest BCUT2D eigenvalue weighted by Crippen LogP contribution is -2.55. The lowest BCUT2D eigenvalue weighted by atomic mass is 10.1. The fourth-order valence-electron chi connectivity index (χ4n) is 3.87. The van der Waals surface area contributed by atoms with Crippen molar-refractivity contribution in [3.63, 3.8) is 0 Å². The number of alkyl halides is 1. The number of nitrogens with zero attached hydrogens (tertiary/aromatic N) is 4. The van der Waals surface area contributed by atoms with Crippen molar-refractivity contribution in [2.45, 2.75) is 37.2 Å². The van der Waals surface area contributed by atoms with E-state index in [2.05, 4.69) is 61.5 Å². The molecule has 2 fully saturated rings. The first-order valence-corrected chi connectivity index (χ1v) is 8.92. The third kappa shape index (κ3) is 2.18. The Morgan fingerprint density at radius 2 is 2.24 bits per heavy atom. The van der Waals surface area contributed by atoms with Crippen LogP contribution in [-0.2, 0) is 5.33 Å². The van der Waals surface area contributed by atoms with Gasteiger partial charge in [0.25, 0.3) is 0 Å². The maximum Gasteiger partial charge on any atom is 0.152 e. The first kappa shape index (κ1) is 13.6. The van der Waals surface area contributed by atoms with E-state index in [9.17, 15) is 0 Å². The minimum atomic E-state index is 0.530. The summed E-state index contributed by atoms with van der Waals surface area (Å²) < 4.78 is 2.21. The van der Waals surface area contributed by atoms with E-state index in [-0.39, 0.29) is 0 Å². The summed E-state index contributed by atoms with van der Waals surface area (Å²) in [6.07, 6.45) is 4.79. The van der Waals surface area contributed by atoms with E-state index in [1.807, 2.05) is 0 Å². The van der Waals surface area contributed by atoms with Gasteiger partial charge in [-0.05, 0) is 38.4 Å². The van der Waals surface area contributed by atoms with E-state index >= 15 is 0 Å². The molecule has 0 aliphatic carbocycles. The number of fused-ring (bicyclic) bond motifs is 2. The van der Waals surface area contributed by atoms with E-state index in [1.54, 1.807) is 0 Å². The van der Waals surface area contributed by atoms with Crippen molar-refractivity contribution in [2.75, 3.05) is 24.5 Å². The van der Waals surface area contributed by atoms with Crippen LogP contribution in [0.3, 0.4) is 0 Å². The van der Waals surface area contributed by atoms with Crippen LogP contribution in [0, 0.1) is 0 Å². The molecule has 2 atom stereocenters. The van der Waals surface area contributed by atoms with Gasteiger partial charge in [0.05, 0.1) is 5.69 Å². The average Bonchev–Trinajstić information content (AvgIpc) is 3.08. The monoisotopic (exact) mass is 348 g/mol. The fraction of sp³-hybridized carbons (Fsp3) is 0.562. The van der Waals surface area contributed by atoms with Crippen molar-refractivity contribution >= 4 is 27.4 Å². The molecule has 0 saturated carbocycles. The number of rotatable bonds is 2. The zero-order chi connectivity index (χ0) is 14.4. The second-order valence-corrected chi connectivity index (χ2v) is 6.80. The number of aromatic nitrogens is 2. The van der Waals surface area contributed by atoms with Crippen molar-refractivity contribution in [3.05, 3.63) is 30.1 Å². The molecule has 112 valence electrons. The smallest absolute Gasteiger partial charge is 0.152 e. The molecule has 2 unspecified atom stereocenters. The maximum absolute atomic E-state index is 4.91. The Bertz CT molecular complexity index is 653. The van der Waals surface area contributed by atoms with Gasteiger partial charge >= 0.3 is 0 Å². The predicted molar refractivity (Wildman–Crippen MR) is 89.2 cm³/mol. The van der Waals surface area contributed by atoms with Crippen LogP contribution < -0.4 is 4.90 Å². The number of anilines is 1. The van der Waals surface area contributed by atoms with Crippen molar-refractivity contribution < 1.29 is 0 Å². The Balaban J connectivity index is 1.75. The van der Waals surface area contributed by atoms with Crippen LogP contribution in [-0.4, -0.2) is 46.0 Å². The van der Waals surface area contributed by atoms with E-state index in [4.69, 9.17) is 4.98 Å². The van der Waals surface area contributed by atoms with E-state index < -0.39 is 0 Å². The highest BCUT2D eigenvalue weighted by molar-refractivity contribution is 9.08. The van der Waals surface area contributed by atoms with Crippen molar-refractivity contribution in [2.24, 2.45) is 0 Å². The molecule has 0 radical (unpaired) electrons. The Kier molecular flexibility index (Phi) is 3.42. The lowest BCUT2D eigenvalue weighted by molar-refractivity contribution is 0.202. The lowest BCUT2D eigenvalue weighted by Gasteiger charge is -2.42. The highest BCUT2D eigenvalue weighted by Crippen LogP contribution is 2.31. The first-order chi connectivity index (χ1) is 10.3. The number of pyridine rings is 1. The molecule has 4 rings (SSSR count). The van der Waals surface area contributed by atoms with Gasteiger partial charge in [0.15, 0.2) is 5.82 Å². The topological polar surface area (TPSA) is 23.8 Å². The molecule has 2 aromatic heterocycles. The Labute approximate surface area is 133 Å². The van der Waals surface area contributed by atoms with Gasteiger partial charge in [-0.1, -0.05) is 22.0 Å². The third-order valence-electron chi connectivity index (χ3n) is 4.94.